The SMILES string of the molecule is CN(C)Cc1ccc(N=C(c2ccccc2)c2c(O)[nH]c3cc(C#CC(=O)NC4CCC4)c(F)cc23)cc1. The Labute approximate surface area is 221 Å². The maximum Gasteiger partial charge on any atom is 0.296 e. The second-order valence-corrected chi connectivity index (χ2v) is 9.81. The topological polar surface area (TPSA) is 80.7 Å². The van der Waals surface area contributed by atoms with Gasteiger partial charge in [-0.15, -0.1) is 0 Å². The fourth-order valence-electron chi connectivity index (χ4n) is 4.47. The number of hydrogen-bond acceptors (Lipinski definition) is 4. The minimum absolute atomic E-state index is 0.0729. The fraction of sp³-hybridized carbons (Fsp3) is 0.226. The lowest BCUT2D eigenvalue weighted by molar-refractivity contribution is -0.116. The van der Waals surface area contributed by atoms with Crippen molar-refractivity contribution in [2.24, 2.45) is 4.99 Å². The Morgan fingerprint density at radius 2 is 1.87 bits per heavy atom. The van der Waals surface area contributed by atoms with Gasteiger partial charge in [-0.1, -0.05) is 48.4 Å². The first kappa shape index (κ1) is 25.2. The third kappa shape index (κ3) is 5.61. The molecule has 3 N–H and O–H groups in total. The summed E-state index contributed by atoms with van der Waals surface area (Å²) in [6.07, 6.45) is 2.99. The van der Waals surface area contributed by atoms with Crippen molar-refractivity contribution in [3.8, 4) is 17.7 Å². The fourth-order valence-corrected chi connectivity index (χ4v) is 4.47. The highest BCUT2D eigenvalue weighted by Crippen LogP contribution is 2.33. The van der Waals surface area contributed by atoms with Crippen LogP contribution in [0.25, 0.3) is 10.9 Å². The molecule has 3 aromatic carbocycles. The van der Waals surface area contributed by atoms with Crippen LogP contribution in [0, 0.1) is 17.7 Å². The van der Waals surface area contributed by atoms with Crippen LogP contribution in [0.1, 0.15) is 41.5 Å². The van der Waals surface area contributed by atoms with E-state index in [4.69, 9.17) is 4.99 Å². The van der Waals surface area contributed by atoms with E-state index in [1.165, 1.54) is 12.1 Å². The van der Waals surface area contributed by atoms with Crippen LogP contribution < -0.4 is 5.32 Å². The summed E-state index contributed by atoms with van der Waals surface area (Å²) >= 11 is 0. The van der Waals surface area contributed by atoms with Gasteiger partial charge < -0.3 is 20.3 Å². The number of aliphatic imine (C=N–C) groups is 1. The second-order valence-electron chi connectivity index (χ2n) is 9.81. The number of H-pyrrole nitrogens is 1. The van der Waals surface area contributed by atoms with Crippen molar-refractivity contribution in [3.63, 3.8) is 0 Å². The molecule has 0 atom stereocenters. The van der Waals surface area contributed by atoms with Gasteiger partial charge in [-0.3, -0.25) is 4.79 Å². The second kappa shape index (κ2) is 10.9. The predicted octanol–water partition coefficient (Wildman–Crippen LogP) is 5.26. The number of nitrogens with zero attached hydrogens (tertiary/aromatic N) is 2. The third-order valence-electron chi connectivity index (χ3n) is 6.58. The molecular formula is C31H29FN4O2. The Bertz CT molecular complexity index is 1560. The van der Waals surface area contributed by atoms with E-state index in [-0.39, 0.29) is 17.5 Å². The molecular weight excluding hydrogens is 479 g/mol. The molecule has 1 aromatic heterocycles. The zero-order chi connectivity index (χ0) is 26.6. The number of carbonyl (C=O) groups is 1. The molecule has 1 aliphatic rings. The lowest BCUT2D eigenvalue weighted by Crippen LogP contribution is -2.38. The summed E-state index contributed by atoms with van der Waals surface area (Å²) in [7, 11) is 4.03. The van der Waals surface area contributed by atoms with Crippen LogP contribution in [0.15, 0.2) is 71.7 Å². The maximum atomic E-state index is 15.2. The van der Waals surface area contributed by atoms with Crippen molar-refractivity contribution in [1.29, 1.82) is 0 Å². The molecule has 0 bridgehead atoms. The molecule has 38 heavy (non-hydrogen) atoms. The zero-order valence-corrected chi connectivity index (χ0v) is 21.4. The monoisotopic (exact) mass is 508 g/mol. The number of benzene rings is 3. The van der Waals surface area contributed by atoms with Crippen molar-refractivity contribution >= 4 is 28.2 Å². The van der Waals surface area contributed by atoms with Gasteiger partial charge >= 0.3 is 0 Å². The van der Waals surface area contributed by atoms with Gasteiger partial charge in [-0.25, -0.2) is 9.38 Å². The highest BCUT2D eigenvalue weighted by Gasteiger charge is 2.21. The number of halogens is 1. The molecule has 0 saturated heterocycles. The van der Waals surface area contributed by atoms with Crippen molar-refractivity contribution in [2.45, 2.75) is 31.8 Å². The van der Waals surface area contributed by atoms with Gasteiger partial charge in [0.05, 0.1) is 28.0 Å². The van der Waals surface area contributed by atoms with Crippen LogP contribution in [-0.4, -0.2) is 46.7 Å². The Balaban J connectivity index is 1.54. The quantitative estimate of drug-likeness (QED) is 0.245. The van der Waals surface area contributed by atoms with E-state index >= 15 is 4.39 Å². The highest BCUT2D eigenvalue weighted by atomic mass is 19.1. The molecule has 0 unspecified atom stereocenters. The Hall–Kier alpha value is -4.41. The summed E-state index contributed by atoms with van der Waals surface area (Å²) in [6, 6.07) is 20.4. The Kier molecular flexibility index (Phi) is 7.25. The number of hydrogen-bond donors (Lipinski definition) is 3. The molecule has 0 spiro atoms. The Morgan fingerprint density at radius 1 is 1.13 bits per heavy atom. The highest BCUT2D eigenvalue weighted by molar-refractivity contribution is 6.22. The van der Waals surface area contributed by atoms with E-state index in [0.717, 1.165) is 36.9 Å². The van der Waals surface area contributed by atoms with Crippen molar-refractivity contribution in [2.75, 3.05) is 14.1 Å². The van der Waals surface area contributed by atoms with E-state index in [0.29, 0.717) is 27.9 Å². The molecule has 0 radical (unpaired) electrons. The van der Waals surface area contributed by atoms with Crippen LogP contribution in [0.4, 0.5) is 10.1 Å². The lowest BCUT2D eigenvalue weighted by atomic mass is 9.93. The molecule has 1 fully saturated rings. The first-order valence-electron chi connectivity index (χ1n) is 12.6. The molecule has 192 valence electrons. The number of aromatic hydroxyl groups is 1. The minimum atomic E-state index is -0.581. The van der Waals surface area contributed by atoms with E-state index in [2.05, 4.69) is 27.0 Å². The molecule has 1 saturated carbocycles. The van der Waals surface area contributed by atoms with E-state index in [1.807, 2.05) is 68.7 Å². The first-order valence-corrected chi connectivity index (χ1v) is 12.6. The van der Waals surface area contributed by atoms with Crippen LogP contribution in [0.3, 0.4) is 0 Å². The molecule has 1 heterocycles. The van der Waals surface area contributed by atoms with Gasteiger partial charge in [0.1, 0.15) is 5.82 Å². The van der Waals surface area contributed by atoms with Gasteiger partial charge in [0, 0.05) is 29.5 Å². The van der Waals surface area contributed by atoms with E-state index in [9.17, 15) is 9.90 Å². The number of rotatable bonds is 6. The number of amides is 1. The summed E-state index contributed by atoms with van der Waals surface area (Å²) in [5.74, 6) is 3.99. The minimum Gasteiger partial charge on any atom is -0.494 e. The summed E-state index contributed by atoms with van der Waals surface area (Å²) in [5, 5.41) is 14.2. The average Bonchev–Trinajstić information content (AvgIpc) is 3.18. The standard InChI is InChI=1S/C31H29FN4O2/c1-36(2)19-20-11-14-24(15-12-20)34-30(21-7-4-3-5-8-21)29-25-18-26(32)22(17-27(25)35-31(29)38)13-16-28(37)33-23-9-6-10-23/h3-5,7-8,11-12,14-15,17-18,23,35,38H,6,9-10,19H2,1-2H3,(H,33,37). The van der Waals surface area contributed by atoms with Crippen LogP contribution >= 0.6 is 0 Å². The Morgan fingerprint density at radius 3 is 2.53 bits per heavy atom. The smallest absolute Gasteiger partial charge is 0.296 e. The number of aromatic amines is 1. The van der Waals surface area contributed by atoms with Crippen LogP contribution in [-0.2, 0) is 11.3 Å². The number of nitrogens with one attached hydrogen (secondary N) is 2. The first-order chi connectivity index (χ1) is 18.4. The molecule has 1 amide bonds. The van der Waals surface area contributed by atoms with Crippen molar-refractivity contribution in [1.82, 2.24) is 15.2 Å². The largest absolute Gasteiger partial charge is 0.494 e. The van der Waals surface area contributed by atoms with Crippen molar-refractivity contribution < 1.29 is 14.3 Å². The van der Waals surface area contributed by atoms with Crippen LogP contribution in [0.2, 0.25) is 0 Å². The summed E-state index contributed by atoms with van der Waals surface area (Å²) in [6.45, 7) is 0.811. The van der Waals surface area contributed by atoms with E-state index < -0.39 is 11.7 Å². The van der Waals surface area contributed by atoms with Gasteiger partial charge in [0.25, 0.3) is 5.91 Å². The molecule has 6 nitrogen and oxygen atoms in total. The molecule has 5 rings (SSSR count). The summed E-state index contributed by atoms with van der Waals surface area (Å²) in [5.41, 5.74) is 4.11. The maximum absolute atomic E-state index is 15.2. The van der Waals surface area contributed by atoms with Gasteiger partial charge in [-0.2, -0.15) is 0 Å². The molecule has 0 aliphatic heterocycles. The van der Waals surface area contributed by atoms with E-state index in [1.54, 1.807) is 0 Å². The summed E-state index contributed by atoms with van der Waals surface area (Å²) < 4.78 is 15.2. The summed E-state index contributed by atoms with van der Waals surface area (Å²) in [4.78, 5) is 22.0. The zero-order valence-electron chi connectivity index (χ0n) is 21.4. The predicted molar refractivity (Wildman–Crippen MR) is 148 cm³/mol. The molecule has 4 aromatic rings. The number of fused-ring (bicyclic) bond motifs is 1. The third-order valence-corrected chi connectivity index (χ3v) is 6.58. The van der Waals surface area contributed by atoms with Gasteiger partial charge in [0.2, 0.25) is 0 Å². The molecule has 1 aliphatic carbocycles. The number of aromatic nitrogens is 1. The average molecular weight is 509 g/mol. The molecule has 7 heteroatoms. The van der Waals surface area contributed by atoms with Crippen molar-refractivity contribution in [3.05, 3.63) is 94.8 Å². The number of carbonyl (C=O) groups excluding carboxylic acids is 1. The lowest BCUT2D eigenvalue weighted by Gasteiger charge is -2.25. The van der Waals surface area contributed by atoms with Crippen LogP contribution in [0.5, 0.6) is 5.88 Å². The normalized spacial score (nSPS) is 13.7. The van der Waals surface area contributed by atoms with Gasteiger partial charge in [-0.05, 0) is 63.2 Å². The van der Waals surface area contributed by atoms with Gasteiger partial charge in [0.15, 0.2) is 5.88 Å².